The second kappa shape index (κ2) is 4.73. The molecule has 1 aliphatic heterocycles. The van der Waals surface area contributed by atoms with Gasteiger partial charge in [-0.25, -0.2) is 8.42 Å². The zero-order valence-corrected chi connectivity index (χ0v) is 10.4. The summed E-state index contributed by atoms with van der Waals surface area (Å²) in [5, 5.41) is 3.93. The molecule has 0 aromatic heterocycles. The lowest BCUT2D eigenvalue weighted by Gasteiger charge is -2.23. The predicted octanol–water partition coefficient (Wildman–Crippen LogP) is 1.27. The molecule has 1 unspecified atom stereocenters. The molecule has 0 amide bonds. The van der Waals surface area contributed by atoms with Gasteiger partial charge in [-0.2, -0.15) is 0 Å². The number of hydrogen-bond donors (Lipinski definition) is 1. The molecule has 5 heteroatoms. The van der Waals surface area contributed by atoms with Crippen LogP contribution in [0.2, 0.25) is 5.02 Å². The Balaban J connectivity index is 2.02. The molecule has 0 bridgehead atoms. The SMILES string of the molecule is O=S1(=O)CCNC(Cc2ccc(Cl)cc2)C1. The number of halogens is 1. The van der Waals surface area contributed by atoms with Gasteiger partial charge < -0.3 is 5.32 Å². The summed E-state index contributed by atoms with van der Waals surface area (Å²) in [6, 6.07) is 7.55. The van der Waals surface area contributed by atoms with E-state index in [1.807, 2.05) is 24.3 Å². The van der Waals surface area contributed by atoms with Crippen molar-refractivity contribution in [1.82, 2.24) is 5.32 Å². The largest absolute Gasteiger partial charge is 0.312 e. The van der Waals surface area contributed by atoms with Crippen LogP contribution in [-0.4, -0.2) is 32.5 Å². The molecule has 1 aliphatic rings. The van der Waals surface area contributed by atoms with Crippen molar-refractivity contribution in [3.63, 3.8) is 0 Å². The third-order valence-corrected chi connectivity index (χ3v) is 4.68. The lowest BCUT2D eigenvalue weighted by molar-refractivity contribution is 0.515. The van der Waals surface area contributed by atoms with Crippen LogP contribution in [0.1, 0.15) is 5.56 Å². The second-order valence-corrected chi connectivity index (χ2v) is 6.76. The molecule has 0 aliphatic carbocycles. The van der Waals surface area contributed by atoms with Gasteiger partial charge in [-0.15, -0.1) is 0 Å². The van der Waals surface area contributed by atoms with Crippen LogP contribution >= 0.6 is 11.6 Å². The smallest absolute Gasteiger partial charge is 0.153 e. The molecular formula is C11H14ClNO2S. The van der Waals surface area contributed by atoms with Crippen LogP contribution in [0, 0.1) is 0 Å². The van der Waals surface area contributed by atoms with Gasteiger partial charge in [-0.05, 0) is 24.1 Å². The first kappa shape index (κ1) is 11.9. The Morgan fingerprint density at radius 2 is 2.00 bits per heavy atom. The molecule has 88 valence electrons. The number of rotatable bonds is 2. The topological polar surface area (TPSA) is 46.2 Å². The molecule has 0 spiro atoms. The Kier molecular flexibility index (Phi) is 3.52. The predicted molar refractivity (Wildman–Crippen MR) is 65.6 cm³/mol. The maximum atomic E-state index is 11.4. The molecule has 2 rings (SSSR count). The van der Waals surface area contributed by atoms with E-state index in [0.717, 1.165) is 12.0 Å². The Labute approximate surface area is 101 Å². The number of nitrogens with one attached hydrogen (secondary N) is 1. The van der Waals surface area contributed by atoms with Crippen molar-refractivity contribution in [3.05, 3.63) is 34.9 Å². The number of benzene rings is 1. The molecule has 1 saturated heterocycles. The Bertz CT molecular complexity index is 455. The highest BCUT2D eigenvalue weighted by Crippen LogP contribution is 2.13. The van der Waals surface area contributed by atoms with Crippen LogP contribution in [-0.2, 0) is 16.3 Å². The first-order chi connectivity index (χ1) is 7.55. The fraction of sp³-hybridized carbons (Fsp3) is 0.455. The normalized spacial score (nSPS) is 24.2. The monoisotopic (exact) mass is 259 g/mol. The standard InChI is InChI=1S/C11H14ClNO2S/c12-10-3-1-9(2-4-10)7-11-8-16(14,15)6-5-13-11/h1-4,11,13H,5-8H2. The molecule has 0 saturated carbocycles. The van der Waals surface area contributed by atoms with E-state index >= 15 is 0 Å². The first-order valence-electron chi connectivity index (χ1n) is 5.23. The minimum Gasteiger partial charge on any atom is -0.312 e. The van der Waals surface area contributed by atoms with Crippen molar-refractivity contribution < 1.29 is 8.42 Å². The van der Waals surface area contributed by atoms with E-state index < -0.39 is 9.84 Å². The van der Waals surface area contributed by atoms with Gasteiger partial charge in [-0.1, -0.05) is 23.7 Å². The zero-order chi connectivity index (χ0) is 11.6. The highest BCUT2D eigenvalue weighted by Gasteiger charge is 2.23. The Hall–Kier alpha value is -0.580. The Morgan fingerprint density at radius 3 is 2.62 bits per heavy atom. The van der Waals surface area contributed by atoms with E-state index in [9.17, 15) is 8.42 Å². The maximum absolute atomic E-state index is 11.4. The summed E-state index contributed by atoms with van der Waals surface area (Å²) in [4.78, 5) is 0. The van der Waals surface area contributed by atoms with Gasteiger partial charge in [0.15, 0.2) is 9.84 Å². The lowest BCUT2D eigenvalue weighted by atomic mass is 10.1. The van der Waals surface area contributed by atoms with Crippen molar-refractivity contribution in [2.45, 2.75) is 12.5 Å². The summed E-state index contributed by atoms with van der Waals surface area (Å²) in [5.41, 5.74) is 1.11. The van der Waals surface area contributed by atoms with Gasteiger partial charge in [0.05, 0.1) is 11.5 Å². The van der Waals surface area contributed by atoms with Crippen LogP contribution in [0.15, 0.2) is 24.3 Å². The number of sulfone groups is 1. The first-order valence-corrected chi connectivity index (χ1v) is 7.43. The molecule has 3 nitrogen and oxygen atoms in total. The van der Waals surface area contributed by atoms with Crippen molar-refractivity contribution >= 4 is 21.4 Å². The highest BCUT2D eigenvalue weighted by atomic mass is 35.5. The fourth-order valence-electron chi connectivity index (χ4n) is 1.90. The van der Waals surface area contributed by atoms with Gasteiger partial charge in [0, 0.05) is 17.6 Å². The summed E-state index contributed by atoms with van der Waals surface area (Å²) in [5.74, 6) is 0.486. The van der Waals surface area contributed by atoms with E-state index in [1.54, 1.807) is 0 Å². The fourth-order valence-corrected chi connectivity index (χ4v) is 3.47. The summed E-state index contributed by atoms with van der Waals surface area (Å²) in [6.45, 7) is 0.556. The number of hydrogen-bond acceptors (Lipinski definition) is 3. The van der Waals surface area contributed by atoms with E-state index in [1.165, 1.54) is 0 Å². The van der Waals surface area contributed by atoms with E-state index in [2.05, 4.69) is 5.32 Å². The van der Waals surface area contributed by atoms with Crippen LogP contribution in [0.5, 0.6) is 0 Å². The van der Waals surface area contributed by atoms with Crippen LogP contribution in [0.4, 0.5) is 0 Å². The quantitative estimate of drug-likeness (QED) is 0.870. The maximum Gasteiger partial charge on any atom is 0.153 e. The van der Waals surface area contributed by atoms with Gasteiger partial charge in [-0.3, -0.25) is 0 Å². The van der Waals surface area contributed by atoms with Crippen molar-refractivity contribution in [1.29, 1.82) is 0 Å². The second-order valence-electron chi connectivity index (χ2n) is 4.10. The molecule has 0 radical (unpaired) electrons. The molecule has 1 aromatic rings. The molecule has 1 aromatic carbocycles. The summed E-state index contributed by atoms with van der Waals surface area (Å²) in [7, 11) is -2.85. The molecule has 1 atom stereocenters. The third-order valence-electron chi connectivity index (χ3n) is 2.70. The van der Waals surface area contributed by atoms with Crippen LogP contribution in [0.25, 0.3) is 0 Å². The van der Waals surface area contributed by atoms with Gasteiger partial charge in [0.1, 0.15) is 0 Å². The molecule has 1 fully saturated rings. The molecule has 1 heterocycles. The van der Waals surface area contributed by atoms with Crippen molar-refractivity contribution in [2.24, 2.45) is 0 Å². The lowest BCUT2D eigenvalue weighted by Crippen LogP contribution is -2.46. The van der Waals surface area contributed by atoms with E-state index in [4.69, 9.17) is 11.6 Å². The van der Waals surface area contributed by atoms with Gasteiger partial charge in [0.2, 0.25) is 0 Å². The third kappa shape index (κ3) is 3.20. The zero-order valence-electron chi connectivity index (χ0n) is 8.82. The van der Waals surface area contributed by atoms with Crippen molar-refractivity contribution in [3.8, 4) is 0 Å². The summed E-state index contributed by atoms with van der Waals surface area (Å²) in [6.07, 6.45) is 0.733. The average molecular weight is 260 g/mol. The minimum absolute atomic E-state index is 0.0277. The molecule has 1 N–H and O–H groups in total. The van der Waals surface area contributed by atoms with Gasteiger partial charge in [0.25, 0.3) is 0 Å². The highest BCUT2D eigenvalue weighted by molar-refractivity contribution is 7.91. The summed E-state index contributed by atoms with van der Waals surface area (Å²) >= 11 is 5.79. The molecular weight excluding hydrogens is 246 g/mol. The minimum atomic E-state index is -2.85. The van der Waals surface area contributed by atoms with Crippen LogP contribution < -0.4 is 5.32 Å². The van der Waals surface area contributed by atoms with Crippen molar-refractivity contribution in [2.75, 3.05) is 18.1 Å². The van der Waals surface area contributed by atoms with Gasteiger partial charge >= 0.3 is 0 Å². The molecule has 16 heavy (non-hydrogen) atoms. The Morgan fingerprint density at radius 1 is 1.31 bits per heavy atom. The summed E-state index contributed by atoms with van der Waals surface area (Å²) < 4.78 is 22.9. The van der Waals surface area contributed by atoms with Crippen LogP contribution in [0.3, 0.4) is 0 Å². The van der Waals surface area contributed by atoms with E-state index in [-0.39, 0.29) is 17.5 Å². The average Bonchev–Trinajstić information content (AvgIpc) is 2.20. The van der Waals surface area contributed by atoms with E-state index in [0.29, 0.717) is 11.6 Å².